The van der Waals surface area contributed by atoms with E-state index in [1.54, 1.807) is 42.5 Å². The molecule has 1 aromatic heterocycles. The maximum absolute atomic E-state index is 12.9. The van der Waals surface area contributed by atoms with Crippen molar-refractivity contribution in [2.45, 2.75) is 13.2 Å². The molecule has 0 unspecified atom stereocenters. The van der Waals surface area contributed by atoms with Crippen LogP contribution >= 0.6 is 23.2 Å². The van der Waals surface area contributed by atoms with Gasteiger partial charge in [-0.05, 0) is 54.1 Å². The molecule has 0 bridgehead atoms. The van der Waals surface area contributed by atoms with Gasteiger partial charge in [0.2, 0.25) is 5.82 Å². The SMILES string of the molecule is Fc1ccc(COc2ccc(-c3noc(COc4c(Cl)cccc4Cl)n3)cc2)cc1. The number of hydrogen-bond donors (Lipinski definition) is 0. The first-order valence-corrected chi connectivity index (χ1v) is 9.71. The zero-order valence-electron chi connectivity index (χ0n) is 15.5. The van der Waals surface area contributed by atoms with Crippen LogP contribution in [0.15, 0.2) is 71.3 Å². The van der Waals surface area contributed by atoms with Gasteiger partial charge in [0.05, 0.1) is 10.0 Å². The minimum Gasteiger partial charge on any atom is -0.489 e. The van der Waals surface area contributed by atoms with Gasteiger partial charge in [-0.2, -0.15) is 4.98 Å². The maximum atomic E-state index is 12.9. The van der Waals surface area contributed by atoms with Gasteiger partial charge < -0.3 is 14.0 Å². The average molecular weight is 445 g/mol. The van der Waals surface area contributed by atoms with E-state index in [0.29, 0.717) is 34.0 Å². The van der Waals surface area contributed by atoms with Crippen molar-refractivity contribution in [1.29, 1.82) is 0 Å². The molecular weight excluding hydrogens is 430 g/mol. The van der Waals surface area contributed by atoms with Crippen molar-refractivity contribution in [2.24, 2.45) is 0 Å². The fourth-order valence-corrected chi connectivity index (χ4v) is 3.14. The van der Waals surface area contributed by atoms with Crippen molar-refractivity contribution < 1.29 is 18.4 Å². The Kier molecular flexibility index (Phi) is 6.16. The molecule has 4 aromatic rings. The number of hydrogen-bond acceptors (Lipinski definition) is 5. The van der Waals surface area contributed by atoms with Crippen LogP contribution in [0, 0.1) is 5.82 Å². The lowest BCUT2D eigenvalue weighted by molar-refractivity contribution is 0.243. The Balaban J connectivity index is 1.36. The zero-order chi connectivity index (χ0) is 20.9. The minimum absolute atomic E-state index is 0.0370. The van der Waals surface area contributed by atoms with Crippen molar-refractivity contribution >= 4 is 23.2 Å². The molecule has 0 saturated heterocycles. The number of aromatic nitrogens is 2. The van der Waals surface area contributed by atoms with Crippen molar-refractivity contribution in [3.63, 3.8) is 0 Å². The molecule has 4 rings (SSSR count). The molecule has 30 heavy (non-hydrogen) atoms. The van der Waals surface area contributed by atoms with E-state index in [1.807, 2.05) is 12.1 Å². The van der Waals surface area contributed by atoms with Crippen LogP contribution in [0.2, 0.25) is 10.0 Å². The molecular formula is C22H15Cl2FN2O3. The quantitative estimate of drug-likeness (QED) is 0.332. The summed E-state index contributed by atoms with van der Waals surface area (Å²) in [7, 11) is 0. The fraction of sp³-hybridized carbons (Fsp3) is 0.0909. The number of halogens is 3. The van der Waals surface area contributed by atoms with Gasteiger partial charge in [-0.25, -0.2) is 4.39 Å². The molecule has 0 aliphatic heterocycles. The van der Waals surface area contributed by atoms with E-state index in [-0.39, 0.29) is 18.3 Å². The Morgan fingerprint density at radius 3 is 2.23 bits per heavy atom. The monoisotopic (exact) mass is 444 g/mol. The largest absolute Gasteiger partial charge is 0.489 e. The average Bonchev–Trinajstić information content (AvgIpc) is 3.22. The molecule has 8 heteroatoms. The number of rotatable bonds is 7. The topological polar surface area (TPSA) is 57.4 Å². The number of nitrogens with zero attached hydrogens (tertiary/aromatic N) is 2. The highest BCUT2D eigenvalue weighted by atomic mass is 35.5. The Morgan fingerprint density at radius 2 is 1.53 bits per heavy atom. The first-order chi connectivity index (χ1) is 14.6. The highest BCUT2D eigenvalue weighted by Crippen LogP contribution is 2.33. The van der Waals surface area contributed by atoms with Crippen LogP contribution in [0.4, 0.5) is 4.39 Å². The Bertz CT molecular complexity index is 1110. The lowest BCUT2D eigenvalue weighted by atomic mass is 10.2. The smallest absolute Gasteiger partial charge is 0.264 e. The molecule has 1 heterocycles. The maximum Gasteiger partial charge on any atom is 0.264 e. The molecule has 152 valence electrons. The molecule has 5 nitrogen and oxygen atoms in total. The molecule has 0 amide bonds. The molecule has 3 aromatic carbocycles. The highest BCUT2D eigenvalue weighted by molar-refractivity contribution is 6.37. The van der Waals surface area contributed by atoms with Crippen LogP contribution in [0.3, 0.4) is 0 Å². The number of ether oxygens (including phenoxy) is 2. The van der Waals surface area contributed by atoms with Gasteiger partial charge in [0.15, 0.2) is 12.4 Å². The summed E-state index contributed by atoms with van der Waals surface area (Å²) in [4.78, 5) is 4.32. The first-order valence-electron chi connectivity index (χ1n) is 8.95. The van der Waals surface area contributed by atoms with Crippen LogP contribution in [0.25, 0.3) is 11.4 Å². The van der Waals surface area contributed by atoms with Gasteiger partial charge in [-0.3, -0.25) is 0 Å². The summed E-state index contributed by atoms with van der Waals surface area (Å²) in [5.41, 5.74) is 1.64. The second-order valence-electron chi connectivity index (χ2n) is 6.29. The third-order valence-electron chi connectivity index (χ3n) is 4.16. The van der Waals surface area contributed by atoms with Crippen LogP contribution in [0.5, 0.6) is 11.5 Å². The Hall–Kier alpha value is -3.09. The summed E-state index contributed by atoms with van der Waals surface area (Å²) >= 11 is 12.2. The molecule has 0 spiro atoms. The van der Waals surface area contributed by atoms with Gasteiger partial charge in [0, 0.05) is 5.56 Å². The third kappa shape index (κ3) is 4.90. The first kappa shape index (κ1) is 20.2. The molecule has 0 saturated carbocycles. The minimum atomic E-state index is -0.275. The van der Waals surface area contributed by atoms with Gasteiger partial charge in [0.1, 0.15) is 18.2 Å². The summed E-state index contributed by atoms with van der Waals surface area (Å²) in [5, 5.41) is 4.77. The van der Waals surface area contributed by atoms with E-state index in [4.69, 9.17) is 37.2 Å². The number of para-hydroxylation sites is 1. The Labute approximate surface area is 182 Å². The van der Waals surface area contributed by atoms with Crippen molar-refractivity contribution in [1.82, 2.24) is 10.1 Å². The van der Waals surface area contributed by atoms with Crippen molar-refractivity contribution in [3.05, 3.63) is 94.0 Å². The Morgan fingerprint density at radius 1 is 0.833 bits per heavy atom. The van der Waals surface area contributed by atoms with Crippen LogP contribution in [0.1, 0.15) is 11.5 Å². The van der Waals surface area contributed by atoms with Gasteiger partial charge in [-0.1, -0.05) is 46.6 Å². The molecule has 0 aliphatic carbocycles. The molecule has 0 radical (unpaired) electrons. The zero-order valence-corrected chi connectivity index (χ0v) is 17.0. The summed E-state index contributed by atoms with van der Waals surface area (Å²) in [6.07, 6.45) is 0. The predicted octanol–water partition coefficient (Wildman–Crippen LogP) is 6.34. The molecule has 0 aliphatic rings. The summed E-state index contributed by atoms with van der Waals surface area (Å²) in [5.74, 6) is 1.47. The second kappa shape index (κ2) is 9.15. The van der Waals surface area contributed by atoms with Gasteiger partial charge in [0.25, 0.3) is 5.89 Å². The van der Waals surface area contributed by atoms with Gasteiger partial charge in [-0.15, -0.1) is 0 Å². The molecule has 0 atom stereocenters. The van der Waals surface area contributed by atoms with Crippen molar-refractivity contribution in [2.75, 3.05) is 0 Å². The lowest BCUT2D eigenvalue weighted by Gasteiger charge is -2.07. The van der Waals surface area contributed by atoms with E-state index in [1.165, 1.54) is 12.1 Å². The van der Waals surface area contributed by atoms with Crippen LogP contribution < -0.4 is 9.47 Å². The van der Waals surface area contributed by atoms with E-state index >= 15 is 0 Å². The van der Waals surface area contributed by atoms with Crippen LogP contribution in [-0.4, -0.2) is 10.1 Å². The number of benzene rings is 3. The van der Waals surface area contributed by atoms with Gasteiger partial charge >= 0.3 is 0 Å². The van der Waals surface area contributed by atoms with E-state index < -0.39 is 0 Å². The fourth-order valence-electron chi connectivity index (χ4n) is 2.63. The van der Waals surface area contributed by atoms with E-state index in [9.17, 15) is 4.39 Å². The molecule has 0 N–H and O–H groups in total. The normalized spacial score (nSPS) is 10.8. The van der Waals surface area contributed by atoms with E-state index in [2.05, 4.69) is 10.1 Å². The summed E-state index contributed by atoms with van der Waals surface area (Å²) < 4.78 is 29.5. The van der Waals surface area contributed by atoms with Crippen LogP contribution in [-0.2, 0) is 13.2 Å². The predicted molar refractivity (Wildman–Crippen MR) is 111 cm³/mol. The molecule has 0 fully saturated rings. The third-order valence-corrected chi connectivity index (χ3v) is 4.75. The summed E-state index contributed by atoms with van der Waals surface area (Å²) in [6, 6.07) is 18.5. The lowest BCUT2D eigenvalue weighted by Crippen LogP contribution is -1.97. The second-order valence-corrected chi connectivity index (χ2v) is 7.11. The van der Waals surface area contributed by atoms with Crippen molar-refractivity contribution in [3.8, 4) is 22.9 Å². The van der Waals surface area contributed by atoms with E-state index in [0.717, 1.165) is 11.1 Å². The summed E-state index contributed by atoms with van der Waals surface area (Å²) in [6.45, 7) is 0.378. The highest BCUT2D eigenvalue weighted by Gasteiger charge is 2.12. The standard InChI is InChI=1S/C22H15Cl2FN2O3/c23-18-2-1-3-19(24)21(18)29-13-20-26-22(27-30-20)15-6-10-17(11-7-15)28-12-14-4-8-16(25)9-5-14/h1-11H,12-13H2.